The van der Waals surface area contributed by atoms with E-state index in [4.69, 9.17) is 4.42 Å². The van der Waals surface area contributed by atoms with Crippen molar-refractivity contribution in [3.8, 4) is 0 Å². The maximum Gasteiger partial charge on any atom is 0.318 e. The van der Waals surface area contributed by atoms with E-state index in [1.165, 1.54) is 25.7 Å². The summed E-state index contributed by atoms with van der Waals surface area (Å²) in [4.78, 5) is 2.25. The number of hydrogen-bond acceptors (Lipinski definition) is 5. The third kappa shape index (κ3) is 2.97. The van der Waals surface area contributed by atoms with Crippen LogP contribution >= 0.6 is 0 Å². The number of nitrogens with zero attached hydrogens (tertiary/aromatic N) is 3. The van der Waals surface area contributed by atoms with Gasteiger partial charge in [0.25, 0.3) is 0 Å². The zero-order chi connectivity index (χ0) is 12.1. The van der Waals surface area contributed by atoms with Gasteiger partial charge in [0.2, 0.25) is 5.89 Å². The summed E-state index contributed by atoms with van der Waals surface area (Å²) in [6.45, 7) is 6.72. The Balaban J connectivity index is 2.00. The van der Waals surface area contributed by atoms with E-state index in [-0.39, 0.29) is 0 Å². The second-order valence-electron chi connectivity index (χ2n) is 4.48. The predicted molar refractivity (Wildman–Crippen MR) is 67.0 cm³/mol. The minimum absolute atomic E-state index is 0.590. The van der Waals surface area contributed by atoms with E-state index in [0.29, 0.717) is 24.5 Å². The van der Waals surface area contributed by atoms with Crippen LogP contribution in [-0.4, -0.2) is 29.3 Å². The van der Waals surface area contributed by atoms with Crippen LogP contribution in [0.3, 0.4) is 0 Å². The highest BCUT2D eigenvalue weighted by Crippen LogP contribution is 2.27. The molecule has 17 heavy (non-hydrogen) atoms. The molecule has 1 saturated carbocycles. The molecule has 1 aliphatic carbocycles. The van der Waals surface area contributed by atoms with Gasteiger partial charge in [0.15, 0.2) is 0 Å². The molecule has 1 aromatic heterocycles. The molecule has 0 atom stereocenters. The van der Waals surface area contributed by atoms with Crippen LogP contribution < -0.4 is 10.2 Å². The summed E-state index contributed by atoms with van der Waals surface area (Å²) in [5, 5.41) is 11.4. The highest BCUT2D eigenvalue weighted by Gasteiger charge is 2.25. The van der Waals surface area contributed by atoms with Crippen molar-refractivity contribution in [2.75, 3.05) is 18.0 Å². The summed E-state index contributed by atoms with van der Waals surface area (Å²) in [6, 6.07) is 1.28. The number of nitrogens with one attached hydrogen (secondary N) is 1. The topological polar surface area (TPSA) is 54.2 Å². The standard InChI is InChI=1S/C12H22N4O/c1-3-13-9-11-14-15-12(17-11)16(4-2)10-7-5-6-8-10/h10,13H,3-9H2,1-2H3. The molecule has 0 aromatic carbocycles. The van der Waals surface area contributed by atoms with Gasteiger partial charge in [-0.3, -0.25) is 0 Å². The number of hydrogen-bond donors (Lipinski definition) is 1. The average molecular weight is 238 g/mol. The highest BCUT2D eigenvalue weighted by atomic mass is 16.4. The number of anilines is 1. The van der Waals surface area contributed by atoms with Gasteiger partial charge in [-0.2, -0.15) is 0 Å². The van der Waals surface area contributed by atoms with Crippen LogP contribution in [0.2, 0.25) is 0 Å². The van der Waals surface area contributed by atoms with Gasteiger partial charge in [-0.15, -0.1) is 5.10 Å². The third-order valence-electron chi connectivity index (χ3n) is 3.33. The molecule has 0 saturated heterocycles. The van der Waals surface area contributed by atoms with E-state index < -0.39 is 0 Å². The van der Waals surface area contributed by atoms with Gasteiger partial charge in [0.1, 0.15) is 0 Å². The lowest BCUT2D eigenvalue weighted by Crippen LogP contribution is -2.33. The summed E-state index contributed by atoms with van der Waals surface area (Å²) in [6.07, 6.45) is 5.14. The molecule has 0 unspecified atom stereocenters. The fourth-order valence-electron chi connectivity index (χ4n) is 2.43. The lowest BCUT2D eigenvalue weighted by atomic mass is 10.2. The fourth-order valence-corrected chi connectivity index (χ4v) is 2.43. The minimum Gasteiger partial charge on any atom is -0.407 e. The van der Waals surface area contributed by atoms with Gasteiger partial charge < -0.3 is 14.6 Å². The molecule has 5 nitrogen and oxygen atoms in total. The Hall–Kier alpha value is -1.10. The normalized spacial score (nSPS) is 16.6. The van der Waals surface area contributed by atoms with E-state index in [2.05, 4.69) is 34.3 Å². The maximum absolute atomic E-state index is 5.69. The number of aromatic nitrogens is 2. The molecule has 2 rings (SSSR count). The maximum atomic E-state index is 5.69. The van der Waals surface area contributed by atoms with E-state index in [0.717, 1.165) is 13.1 Å². The zero-order valence-electron chi connectivity index (χ0n) is 10.8. The molecule has 0 amide bonds. The van der Waals surface area contributed by atoms with Crippen LogP contribution in [0.5, 0.6) is 0 Å². The lowest BCUT2D eigenvalue weighted by Gasteiger charge is -2.24. The summed E-state index contributed by atoms with van der Waals surface area (Å²) in [5.74, 6) is 0.679. The highest BCUT2D eigenvalue weighted by molar-refractivity contribution is 5.26. The van der Waals surface area contributed by atoms with Crippen molar-refractivity contribution >= 4 is 6.01 Å². The third-order valence-corrected chi connectivity index (χ3v) is 3.33. The fraction of sp³-hybridized carbons (Fsp3) is 0.833. The van der Waals surface area contributed by atoms with Gasteiger partial charge >= 0.3 is 6.01 Å². The molecule has 1 aliphatic rings. The Labute approximate surface area is 103 Å². The summed E-state index contributed by atoms with van der Waals surface area (Å²) < 4.78 is 5.69. The molecule has 1 fully saturated rings. The molecular weight excluding hydrogens is 216 g/mol. The van der Waals surface area contributed by atoms with Gasteiger partial charge in [-0.25, -0.2) is 0 Å². The zero-order valence-corrected chi connectivity index (χ0v) is 10.8. The SMILES string of the molecule is CCNCc1nnc(N(CC)C2CCCC2)o1. The first-order valence-electron chi connectivity index (χ1n) is 6.64. The van der Waals surface area contributed by atoms with Crippen LogP contribution in [0.15, 0.2) is 4.42 Å². The Morgan fingerprint density at radius 1 is 1.29 bits per heavy atom. The Morgan fingerprint density at radius 2 is 2.06 bits per heavy atom. The van der Waals surface area contributed by atoms with Crippen molar-refractivity contribution in [2.24, 2.45) is 0 Å². The van der Waals surface area contributed by atoms with Crippen LogP contribution in [0.4, 0.5) is 6.01 Å². The first-order chi connectivity index (χ1) is 8.35. The monoisotopic (exact) mass is 238 g/mol. The molecule has 96 valence electrons. The smallest absolute Gasteiger partial charge is 0.318 e. The Morgan fingerprint density at radius 3 is 2.71 bits per heavy atom. The largest absolute Gasteiger partial charge is 0.407 e. The van der Waals surface area contributed by atoms with Crippen LogP contribution in [0, 0.1) is 0 Å². The van der Waals surface area contributed by atoms with E-state index in [1.54, 1.807) is 0 Å². The quantitative estimate of drug-likeness (QED) is 0.821. The summed E-state index contributed by atoms with van der Waals surface area (Å²) >= 11 is 0. The van der Waals surface area contributed by atoms with Crippen molar-refractivity contribution in [2.45, 2.75) is 52.1 Å². The number of rotatable bonds is 6. The Kier molecular flexibility index (Phi) is 4.36. The second-order valence-corrected chi connectivity index (χ2v) is 4.48. The summed E-state index contributed by atoms with van der Waals surface area (Å²) in [7, 11) is 0. The van der Waals surface area contributed by atoms with Crippen molar-refractivity contribution in [3.05, 3.63) is 5.89 Å². The molecular formula is C12H22N4O. The molecule has 0 aliphatic heterocycles. The van der Waals surface area contributed by atoms with Crippen molar-refractivity contribution in [1.29, 1.82) is 0 Å². The molecule has 0 bridgehead atoms. The Bertz CT molecular complexity index is 333. The minimum atomic E-state index is 0.590. The van der Waals surface area contributed by atoms with E-state index in [1.807, 2.05) is 0 Å². The van der Waals surface area contributed by atoms with Gasteiger partial charge in [-0.1, -0.05) is 24.9 Å². The van der Waals surface area contributed by atoms with Crippen LogP contribution in [-0.2, 0) is 6.54 Å². The van der Waals surface area contributed by atoms with Crippen molar-refractivity contribution in [1.82, 2.24) is 15.5 Å². The predicted octanol–water partition coefficient (Wildman–Crippen LogP) is 1.95. The summed E-state index contributed by atoms with van der Waals surface area (Å²) in [5.41, 5.74) is 0. The molecule has 1 heterocycles. The lowest BCUT2D eigenvalue weighted by molar-refractivity contribution is 0.449. The van der Waals surface area contributed by atoms with Gasteiger partial charge in [-0.05, 0) is 26.3 Å². The van der Waals surface area contributed by atoms with Crippen molar-refractivity contribution < 1.29 is 4.42 Å². The van der Waals surface area contributed by atoms with E-state index in [9.17, 15) is 0 Å². The second kappa shape index (κ2) is 6.00. The first-order valence-corrected chi connectivity index (χ1v) is 6.64. The molecule has 5 heteroatoms. The van der Waals surface area contributed by atoms with Crippen LogP contribution in [0.25, 0.3) is 0 Å². The first kappa shape index (κ1) is 12.4. The molecule has 0 radical (unpaired) electrons. The molecule has 1 aromatic rings. The van der Waals surface area contributed by atoms with Gasteiger partial charge in [0, 0.05) is 12.6 Å². The van der Waals surface area contributed by atoms with Crippen LogP contribution in [0.1, 0.15) is 45.4 Å². The molecule has 1 N–H and O–H groups in total. The average Bonchev–Trinajstić information content (AvgIpc) is 2.99. The van der Waals surface area contributed by atoms with E-state index >= 15 is 0 Å². The van der Waals surface area contributed by atoms with Gasteiger partial charge in [0.05, 0.1) is 6.54 Å². The molecule has 0 spiro atoms. The van der Waals surface area contributed by atoms with Crippen molar-refractivity contribution in [3.63, 3.8) is 0 Å².